The van der Waals surface area contributed by atoms with Crippen LogP contribution in [0.3, 0.4) is 0 Å². The summed E-state index contributed by atoms with van der Waals surface area (Å²) in [5.41, 5.74) is 3.07. The molecule has 1 aromatic carbocycles. The number of piperazine rings is 1. The SMILES string of the molecule is CC1(C)OCC(CN2CCN(C3CCc4cc(Br)ccc43)CC2)O1. The van der Waals surface area contributed by atoms with Crippen molar-refractivity contribution < 1.29 is 9.47 Å². The smallest absolute Gasteiger partial charge is 0.163 e. The third-order valence-electron chi connectivity index (χ3n) is 5.53. The van der Waals surface area contributed by atoms with Gasteiger partial charge in [0.2, 0.25) is 0 Å². The van der Waals surface area contributed by atoms with E-state index < -0.39 is 5.79 Å². The second-order valence-corrected chi connectivity index (χ2v) is 8.60. The minimum atomic E-state index is -0.408. The zero-order valence-corrected chi connectivity index (χ0v) is 16.2. The van der Waals surface area contributed by atoms with Crippen molar-refractivity contribution in [2.24, 2.45) is 0 Å². The molecule has 5 heteroatoms. The van der Waals surface area contributed by atoms with E-state index in [1.165, 1.54) is 22.9 Å². The Bertz CT molecular complexity index is 599. The van der Waals surface area contributed by atoms with E-state index in [0.29, 0.717) is 6.04 Å². The Kier molecular flexibility index (Phi) is 4.73. The number of rotatable bonds is 3. The van der Waals surface area contributed by atoms with Crippen molar-refractivity contribution in [3.63, 3.8) is 0 Å². The fourth-order valence-corrected chi connectivity index (χ4v) is 4.75. The molecule has 3 aliphatic rings. The highest BCUT2D eigenvalue weighted by Crippen LogP contribution is 2.37. The lowest BCUT2D eigenvalue weighted by molar-refractivity contribution is -0.140. The van der Waals surface area contributed by atoms with E-state index in [1.807, 2.05) is 13.8 Å². The van der Waals surface area contributed by atoms with Crippen molar-refractivity contribution in [1.29, 1.82) is 0 Å². The number of benzene rings is 1. The number of ether oxygens (including phenoxy) is 2. The van der Waals surface area contributed by atoms with Crippen LogP contribution in [0.25, 0.3) is 0 Å². The van der Waals surface area contributed by atoms with Gasteiger partial charge in [0.15, 0.2) is 5.79 Å². The standard InChI is InChI=1S/C19H27BrN2O2/c1-19(2)23-13-16(24-19)12-21-7-9-22(10-8-21)18-6-3-14-11-15(20)4-5-17(14)18/h4-5,11,16,18H,3,6-10,12-13H2,1-2H3. The Morgan fingerprint density at radius 2 is 2.00 bits per heavy atom. The van der Waals surface area contributed by atoms with Crippen LogP contribution in [0.1, 0.15) is 37.4 Å². The van der Waals surface area contributed by atoms with Crippen LogP contribution >= 0.6 is 15.9 Å². The Morgan fingerprint density at radius 3 is 2.71 bits per heavy atom. The number of aryl methyl sites for hydroxylation is 1. The first-order valence-corrected chi connectivity index (χ1v) is 9.86. The number of hydrogen-bond donors (Lipinski definition) is 0. The lowest BCUT2D eigenvalue weighted by Crippen LogP contribution is -2.49. The molecule has 0 N–H and O–H groups in total. The average molecular weight is 395 g/mol. The van der Waals surface area contributed by atoms with Gasteiger partial charge >= 0.3 is 0 Å². The van der Waals surface area contributed by atoms with Crippen molar-refractivity contribution >= 4 is 15.9 Å². The van der Waals surface area contributed by atoms with Gasteiger partial charge in [-0.25, -0.2) is 0 Å². The van der Waals surface area contributed by atoms with Gasteiger partial charge in [0, 0.05) is 43.2 Å². The lowest BCUT2D eigenvalue weighted by Gasteiger charge is -2.39. The molecular formula is C19H27BrN2O2. The first-order chi connectivity index (χ1) is 11.5. The topological polar surface area (TPSA) is 24.9 Å². The molecule has 2 heterocycles. The number of fused-ring (bicyclic) bond motifs is 1. The summed E-state index contributed by atoms with van der Waals surface area (Å²) in [5, 5.41) is 0. The van der Waals surface area contributed by atoms with E-state index in [0.717, 1.165) is 39.3 Å². The Labute approximate surface area is 153 Å². The van der Waals surface area contributed by atoms with E-state index in [2.05, 4.69) is 43.9 Å². The van der Waals surface area contributed by atoms with Gasteiger partial charge in [0.1, 0.15) is 0 Å². The quantitative estimate of drug-likeness (QED) is 0.785. The molecule has 0 spiro atoms. The first-order valence-electron chi connectivity index (χ1n) is 9.07. The molecule has 1 aromatic rings. The molecule has 132 valence electrons. The molecule has 24 heavy (non-hydrogen) atoms. The maximum atomic E-state index is 5.95. The summed E-state index contributed by atoms with van der Waals surface area (Å²) in [5.74, 6) is -0.408. The highest BCUT2D eigenvalue weighted by Gasteiger charge is 2.35. The minimum Gasteiger partial charge on any atom is -0.348 e. The molecule has 0 bridgehead atoms. The molecule has 2 fully saturated rings. The predicted octanol–water partition coefficient (Wildman–Crippen LogP) is 3.21. The third kappa shape index (κ3) is 3.56. The van der Waals surface area contributed by atoms with Crippen LogP contribution in [0.2, 0.25) is 0 Å². The van der Waals surface area contributed by atoms with Gasteiger partial charge in [-0.05, 0) is 49.9 Å². The highest BCUT2D eigenvalue weighted by molar-refractivity contribution is 9.10. The Hall–Kier alpha value is -0.460. The van der Waals surface area contributed by atoms with Gasteiger partial charge in [-0.1, -0.05) is 22.0 Å². The Balaban J connectivity index is 1.31. The van der Waals surface area contributed by atoms with Gasteiger partial charge in [0.25, 0.3) is 0 Å². The van der Waals surface area contributed by atoms with E-state index in [9.17, 15) is 0 Å². The molecule has 2 atom stereocenters. The zero-order valence-electron chi connectivity index (χ0n) is 14.6. The van der Waals surface area contributed by atoms with Crippen LogP contribution in [-0.4, -0.2) is 61.0 Å². The van der Waals surface area contributed by atoms with E-state index in [-0.39, 0.29) is 6.10 Å². The Morgan fingerprint density at radius 1 is 1.21 bits per heavy atom. The lowest BCUT2D eigenvalue weighted by atomic mass is 10.1. The maximum absolute atomic E-state index is 5.95. The summed E-state index contributed by atoms with van der Waals surface area (Å²) in [6.07, 6.45) is 2.69. The molecule has 0 saturated carbocycles. The number of nitrogens with zero attached hydrogens (tertiary/aromatic N) is 2. The largest absolute Gasteiger partial charge is 0.348 e. The predicted molar refractivity (Wildman–Crippen MR) is 98.1 cm³/mol. The molecule has 0 radical (unpaired) electrons. The second-order valence-electron chi connectivity index (χ2n) is 7.68. The van der Waals surface area contributed by atoms with E-state index in [1.54, 1.807) is 5.56 Å². The molecule has 2 aliphatic heterocycles. The van der Waals surface area contributed by atoms with Crippen LogP contribution in [0, 0.1) is 0 Å². The van der Waals surface area contributed by atoms with E-state index >= 15 is 0 Å². The van der Waals surface area contributed by atoms with Gasteiger partial charge in [0.05, 0.1) is 12.7 Å². The highest BCUT2D eigenvalue weighted by atomic mass is 79.9. The normalized spacial score (nSPS) is 30.6. The minimum absolute atomic E-state index is 0.219. The van der Waals surface area contributed by atoms with Crippen molar-refractivity contribution in [2.45, 2.75) is 44.6 Å². The summed E-state index contributed by atoms with van der Waals surface area (Å²) >= 11 is 3.60. The van der Waals surface area contributed by atoms with E-state index in [4.69, 9.17) is 9.47 Å². The summed E-state index contributed by atoms with van der Waals surface area (Å²) in [7, 11) is 0. The van der Waals surface area contributed by atoms with Crippen LogP contribution in [0.5, 0.6) is 0 Å². The fraction of sp³-hybridized carbons (Fsp3) is 0.684. The van der Waals surface area contributed by atoms with Crippen molar-refractivity contribution in [1.82, 2.24) is 9.80 Å². The van der Waals surface area contributed by atoms with Gasteiger partial charge in [-0.3, -0.25) is 9.80 Å². The van der Waals surface area contributed by atoms with Crippen LogP contribution in [0.4, 0.5) is 0 Å². The summed E-state index contributed by atoms with van der Waals surface area (Å²) < 4.78 is 12.8. The summed E-state index contributed by atoms with van der Waals surface area (Å²) in [4.78, 5) is 5.20. The number of halogens is 1. The van der Waals surface area contributed by atoms with Crippen LogP contribution < -0.4 is 0 Å². The molecule has 2 saturated heterocycles. The van der Waals surface area contributed by atoms with Crippen molar-refractivity contribution in [2.75, 3.05) is 39.3 Å². The zero-order chi connectivity index (χ0) is 16.7. The van der Waals surface area contributed by atoms with Crippen molar-refractivity contribution in [3.05, 3.63) is 33.8 Å². The average Bonchev–Trinajstić information content (AvgIpc) is 3.11. The van der Waals surface area contributed by atoms with Gasteiger partial charge < -0.3 is 9.47 Å². The molecule has 2 unspecified atom stereocenters. The summed E-state index contributed by atoms with van der Waals surface area (Å²) in [6, 6.07) is 7.41. The monoisotopic (exact) mass is 394 g/mol. The molecule has 1 aliphatic carbocycles. The third-order valence-corrected chi connectivity index (χ3v) is 6.02. The molecule has 0 amide bonds. The van der Waals surface area contributed by atoms with Crippen LogP contribution in [0.15, 0.2) is 22.7 Å². The van der Waals surface area contributed by atoms with Crippen LogP contribution in [-0.2, 0) is 15.9 Å². The van der Waals surface area contributed by atoms with Gasteiger partial charge in [-0.15, -0.1) is 0 Å². The fourth-order valence-electron chi connectivity index (χ4n) is 4.34. The molecule has 0 aromatic heterocycles. The molecular weight excluding hydrogens is 368 g/mol. The number of hydrogen-bond acceptors (Lipinski definition) is 4. The van der Waals surface area contributed by atoms with Crippen molar-refractivity contribution in [3.8, 4) is 0 Å². The second kappa shape index (κ2) is 6.69. The summed E-state index contributed by atoms with van der Waals surface area (Å²) in [6.45, 7) is 10.3. The first kappa shape index (κ1) is 17.0. The molecule has 4 rings (SSSR count). The van der Waals surface area contributed by atoms with Gasteiger partial charge in [-0.2, -0.15) is 0 Å². The maximum Gasteiger partial charge on any atom is 0.163 e. The molecule has 4 nitrogen and oxygen atoms in total.